The van der Waals surface area contributed by atoms with Crippen LogP contribution in [-0.2, 0) is 22.6 Å². The van der Waals surface area contributed by atoms with E-state index in [2.05, 4.69) is 34.5 Å². The number of likely N-dealkylation sites (tertiary alicyclic amines) is 1. The first-order valence-electron chi connectivity index (χ1n) is 12.1. The molecule has 0 unspecified atom stereocenters. The van der Waals surface area contributed by atoms with Gasteiger partial charge >= 0.3 is 0 Å². The van der Waals surface area contributed by atoms with E-state index in [9.17, 15) is 18.4 Å². The van der Waals surface area contributed by atoms with E-state index in [1.54, 1.807) is 18.2 Å². The van der Waals surface area contributed by atoms with E-state index in [4.69, 9.17) is 10.3 Å². The molecule has 4 N–H and O–H groups in total. The van der Waals surface area contributed by atoms with E-state index in [1.165, 1.54) is 6.07 Å². The lowest BCUT2D eigenvalue weighted by atomic mass is 9.97. The molecule has 1 fully saturated rings. The molecule has 0 aliphatic carbocycles. The van der Waals surface area contributed by atoms with E-state index in [1.807, 2.05) is 0 Å². The Bertz CT molecular complexity index is 1240. The lowest BCUT2D eigenvalue weighted by Crippen LogP contribution is -2.53. The predicted molar refractivity (Wildman–Crippen MR) is 132 cm³/mol. The Morgan fingerprint density at radius 3 is 2.56 bits per heavy atom. The highest BCUT2D eigenvalue weighted by atomic mass is 19.2. The second-order valence-corrected chi connectivity index (χ2v) is 9.49. The van der Waals surface area contributed by atoms with Gasteiger partial charge in [0.05, 0.1) is 11.9 Å². The van der Waals surface area contributed by atoms with Gasteiger partial charge in [0.2, 0.25) is 11.8 Å². The van der Waals surface area contributed by atoms with Crippen LogP contribution in [0.4, 0.5) is 14.6 Å². The minimum absolute atomic E-state index is 0.0115. The number of piperidine rings is 1. The third-order valence-corrected chi connectivity index (χ3v) is 6.81. The largest absolute Gasteiger partial charge is 0.380 e. The summed E-state index contributed by atoms with van der Waals surface area (Å²) in [4.78, 5) is 28.2. The normalized spacial score (nSPS) is 19.2. The highest BCUT2D eigenvalue weighted by molar-refractivity contribution is 5.89. The van der Waals surface area contributed by atoms with Crippen molar-refractivity contribution in [2.45, 2.75) is 64.2 Å². The number of hydrogen-bond donors (Lipinski definition) is 3. The van der Waals surface area contributed by atoms with Gasteiger partial charge in [0, 0.05) is 25.0 Å². The van der Waals surface area contributed by atoms with Crippen LogP contribution in [0, 0.1) is 11.6 Å². The molecule has 2 amide bonds. The van der Waals surface area contributed by atoms with Crippen LogP contribution in [0.25, 0.3) is 11.0 Å². The van der Waals surface area contributed by atoms with Crippen molar-refractivity contribution in [3.8, 4) is 0 Å². The predicted octanol–water partition coefficient (Wildman–Crippen LogP) is 3.29. The highest BCUT2D eigenvalue weighted by Crippen LogP contribution is 2.22. The zero-order valence-corrected chi connectivity index (χ0v) is 20.4. The maximum Gasteiger partial charge on any atom is 0.243 e. The van der Waals surface area contributed by atoms with Crippen molar-refractivity contribution in [2.24, 2.45) is 0 Å². The lowest BCUT2D eigenvalue weighted by molar-refractivity contribution is -0.130. The van der Waals surface area contributed by atoms with Crippen LogP contribution in [0.1, 0.15) is 44.2 Å². The maximum absolute atomic E-state index is 13.8. The zero-order valence-electron chi connectivity index (χ0n) is 20.4. The van der Waals surface area contributed by atoms with Crippen LogP contribution >= 0.6 is 0 Å². The van der Waals surface area contributed by atoms with Crippen LogP contribution in [0.5, 0.6) is 0 Å². The van der Waals surface area contributed by atoms with Gasteiger partial charge in [0.25, 0.3) is 0 Å². The van der Waals surface area contributed by atoms with Crippen LogP contribution in [0.15, 0.2) is 40.9 Å². The molecule has 0 bridgehead atoms. The molecular weight excluding hydrogens is 468 g/mol. The van der Waals surface area contributed by atoms with E-state index in [0.29, 0.717) is 16.5 Å². The number of benzene rings is 2. The fourth-order valence-electron chi connectivity index (χ4n) is 4.73. The summed E-state index contributed by atoms with van der Waals surface area (Å²) in [6.45, 7) is 4.51. The molecule has 0 spiro atoms. The molecule has 2 heterocycles. The smallest absolute Gasteiger partial charge is 0.243 e. The lowest BCUT2D eigenvalue weighted by Gasteiger charge is -2.38. The van der Waals surface area contributed by atoms with Crippen molar-refractivity contribution in [2.75, 3.05) is 12.3 Å². The summed E-state index contributed by atoms with van der Waals surface area (Å²) >= 11 is 0. The first-order valence-corrected chi connectivity index (χ1v) is 12.1. The number of anilines is 1. The van der Waals surface area contributed by atoms with Crippen molar-refractivity contribution in [1.29, 1.82) is 0 Å². The second kappa shape index (κ2) is 11.0. The number of aromatic nitrogens is 1. The molecule has 1 saturated heterocycles. The van der Waals surface area contributed by atoms with Gasteiger partial charge in [0.1, 0.15) is 6.04 Å². The number of amides is 2. The summed E-state index contributed by atoms with van der Waals surface area (Å²) in [6.07, 6.45) is 3.15. The van der Waals surface area contributed by atoms with Gasteiger partial charge in [-0.2, -0.15) is 0 Å². The number of fused-ring (bicyclic) bond motifs is 1. The first-order chi connectivity index (χ1) is 17.2. The molecule has 10 heteroatoms. The molecule has 0 saturated carbocycles. The fraction of sp³-hybridized carbons (Fsp3) is 0.423. The van der Waals surface area contributed by atoms with Crippen molar-refractivity contribution in [3.63, 3.8) is 0 Å². The fourth-order valence-corrected chi connectivity index (χ4v) is 4.73. The second-order valence-electron chi connectivity index (χ2n) is 9.49. The molecule has 0 radical (unpaired) electrons. The molecule has 8 nitrogen and oxygen atoms in total. The monoisotopic (exact) mass is 499 g/mol. The first kappa shape index (κ1) is 25.6. The van der Waals surface area contributed by atoms with E-state index in [0.717, 1.165) is 37.0 Å². The summed E-state index contributed by atoms with van der Waals surface area (Å²) in [5.41, 5.74) is 7.39. The number of carbonyl (C=O) groups excluding carboxylic acids is 2. The summed E-state index contributed by atoms with van der Waals surface area (Å²) in [6, 6.07) is 8.28. The number of nitrogen functional groups attached to an aromatic ring is 1. The van der Waals surface area contributed by atoms with Gasteiger partial charge in [0.15, 0.2) is 23.0 Å². The van der Waals surface area contributed by atoms with Gasteiger partial charge in [-0.05, 0) is 62.1 Å². The summed E-state index contributed by atoms with van der Waals surface area (Å²) in [5.74, 6) is -2.43. The standard InChI is InChI=1S/C26H31F2N5O3/c1-15-4-3-5-16(2)33(15)14-24(34)31-22(11-17-7-9-20(27)21(28)10-17)26(35)30-13-18-6-8-19-23(12-18)36-32-25(19)29/h6-10,12,15-16,22H,3-5,11,13-14H2,1-2H3,(H2,29,32)(H,30,35)(H,31,34)/t15-,16+,22-/m0/s1. The molecule has 4 rings (SSSR count). The third kappa shape index (κ3) is 5.99. The van der Waals surface area contributed by atoms with Crippen LogP contribution in [-0.4, -0.2) is 46.5 Å². The Balaban J connectivity index is 1.46. The third-order valence-electron chi connectivity index (χ3n) is 6.81. The molecule has 3 aromatic rings. The summed E-state index contributed by atoms with van der Waals surface area (Å²) in [7, 11) is 0. The number of rotatable bonds is 8. The maximum atomic E-state index is 13.8. The number of nitrogens with one attached hydrogen (secondary N) is 2. The molecule has 1 aliphatic heterocycles. The SMILES string of the molecule is C[C@@H]1CCC[C@H](C)N1CC(=O)N[C@@H](Cc1ccc(F)c(F)c1)C(=O)NCc1ccc2c(N)noc2c1. The summed E-state index contributed by atoms with van der Waals surface area (Å²) in [5, 5.41) is 10.0. The average Bonchev–Trinajstić information content (AvgIpc) is 3.22. The minimum atomic E-state index is -1.01. The van der Waals surface area contributed by atoms with Gasteiger partial charge in [-0.15, -0.1) is 0 Å². The van der Waals surface area contributed by atoms with Crippen molar-refractivity contribution < 1.29 is 22.9 Å². The average molecular weight is 500 g/mol. The summed E-state index contributed by atoms with van der Waals surface area (Å²) < 4.78 is 32.4. The van der Waals surface area contributed by atoms with Crippen LogP contribution < -0.4 is 16.4 Å². The van der Waals surface area contributed by atoms with E-state index < -0.39 is 23.6 Å². The molecule has 1 aliphatic rings. The number of nitrogens with zero attached hydrogens (tertiary/aromatic N) is 2. The Morgan fingerprint density at radius 1 is 1.11 bits per heavy atom. The number of halogens is 2. The van der Waals surface area contributed by atoms with Crippen LogP contribution in [0.3, 0.4) is 0 Å². The van der Waals surface area contributed by atoms with Gasteiger partial charge in [-0.25, -0.2) is 8.78 Å². The van der Waals surface area contributed by atoms with Gasteiger partial charge in [-0.1, -0.05) is 23.7 Å². The van der Waals surface area contributed by atoms with Crippen LogP contribution in [0.2, 0.25) is 0 Å². The highest BCUT2D eigenvalue weighted by Gasteiger charge is 2.28. The number of nitrogens with two attached hydrogens (primary N) is 1. The molecule has 192 valence electrons. The Morgan fingerprint density at radius 2 is 1.83 bits per heavy atom. The molecular formula is C26H31F2N5O3. The molecule has 36 heavy (non-hydrogen) atoms. The number of hydrogen-bond acceptors (Lipinski definition) is 6. The van der Waals surface area contributed by atoms with Crippen molar-refractivity contribution in [3.05, 3.63) is 59.2 Å². The van der Waals surface area contributed by atoms with Crippen molar-refractivity contribution in [1.82, 2.24) is 20.7 Å². The van der Waals surface area contributed by atoms with E-state index >= 15 is 0 Å². The quantitative estimate of drug-likeness (QED) is 0.438. The molecule has 3 atom stereocenters. The molecule has 2 aromatic carbocycles. The zero-order chi connectivity index (χ0) is 25.8. The Kier molecular flexibility index (Phi) is 7.83. The number of carbonyl (C=O) groups is 2. The Hall–Kier alpha value is -3.53. The topological polar surface area (TPSA) is 113 Å². The molecule has 1 aromatic heterocycles. The van der Waals surface area contributed by atoms with E-state index in [-0.39, 0.29) is 43.3 Å². The Labute approximate surface area is 208 Å². The minimum Gasteiger partial charge on any atom is -0.380 e. The van der Waals surface area contributed by atoms with Gasteiger partial charge in [-0.3, -0.25) is 14.5 Å². The van der Waals surface area contributed by atoms with Gasteiger partial charge < -0.3 is 20.9 Å². The van der Waals surface area contributed by atoms with Crippen molar-refractivity contribution >= 4 is 28.6 Å².